The first-order valence-corrected chi connectivity index (χ1v) is 5.83. The van der Waals surface area contributed by atoms with E-state index in [-0.39, 0.29) is 5.78 Å². The lowest BCUT2D eigenvalue weighted by Gasteiger charge is -2.05. The van der Waals surface area contributed by atoms with Crippen LogP contribution in [-0.4, -0.2) is 5.78 Å². The SMILES string of the molecule is CC(=O)c1ccc(-c2ccc(C)cc2)cc1Cl. The Labute approximate surface area is 106 Å². The van der Waals surface area contributed by atoms with Crippen molar-refractivity contribution in [1.29, 1.82) is 0 Å². The molecule has 0 aliphatic rings. The smallest absolute Gasteiger partial charge is 0.161 e. The van der Waals surface area contributed by atoms with Crippen LogP contribution >= 0.6 is 11.6 Å². The van der Waals surface area contributed by atoms with Crippen LogP contribution in [0.5, 0.6) is 0 Å². The van der Waals surface area contributed by atoms with Crippen LogP contribution in [0.3, 0.4) is 0 Å². The number of benzene rings is 2. The van der Waals surface area contributed by atoms with Crippen molar-refractivity contribution in [2.45, 2.75) is 13.8 Å². The molecule has 0 saturated carbocycles. The van der Waals surface area contributed by atoms with Gasteiger partial charge >= 0.3 is 0 Å². The number of hydrogen-bond acceptors (Lipinski definition) is 1. The highest BCUT2D eigenvalue weighted by molar-refractivity contribution is 6.34. The number of halogens is 1. The summed E-state index contributed by atoms with van der Waals surface area (Å²) < 4.78 is 0. The van der Waals surface area contributed by atoms with Crippen molar-refractivity contribution < 1.29 is 4.79 Å². The van der Waals surface area contributed by atoms with Crippen LogP contribution in [0.25, 0.3) is 11.1 Å². The van der Waals surface area contributed by atoms with Crippen LogP contribution in [0, 0.1) is 6.92 Å². The highest BCUT2D eigenvalue weighted by atomic mass is 35.5. The van der Waals surface area contributed by atoms with Crippen molar-refractivity contribution in [2.24, 2.45) is 0 Å². The molecule has 0 aliphatic carbocycles. The maximum absolute atomic E-state index is 11.3. The minimum atomic E-state index is -0.00884. The van der Waals surface area contributed by atoms with E-state index in [0.29, 0.717) is 10.6 Å². The zero-order valence-corrected chi connectivity index (χ0v) is 10.6. The van der Waals surface area contributed by atoms with E-state index in [2.05, 4.69) is 31.2 Å². The van der Waals surface area contributed by atoms with Gasteiger partial charge in [-0.1, -0.05) is 47.5 Å². The summed E-state index contributed by atoms with van der Waals surface area (Å²) in [5, 5.41) is 0.510. The minimum absolute atomic E-state index is 0.00884. The fourth-order valence-electron chi connectivity index (χ4n) is 1.73. The molecule has 0 amide bonds. The molecular weight excluding hydrogens is 232 g/mol. The maximum Gasteiger partial charge on any atom is 0.161 e. The third-order valence-corrected chi connectivity index (χ3v) is 3.05. The number of Topliss-reactive ketones (excluding diaryl/α,β-unsaturated/α-hetero) is 1. The maximum atomic E-state index is 11.3. The van der Waals surface area contributed by atoms with E-state index in [1.54, 1.807) is 6.07 Å². The summed E-state index contributed by atoms with van der Waals surface area (Å²) in [5.74, 6) is -0.00884. The van der Waals surface area contributed by atoms with Crippen molar-refractivity contribution in [3.63, 3.8) is 0 Å². The van der Waals surface area contributed by atoms with Crippen LogP contribution < -0.4 is 0 Å². The van der Waals surface area contributed by atoms with E-state index < -0.39 is 0 Å². The van der Waals surface area contributed by atoms with Crippen LogP contribution in [-0.2, 0) is 0 Å². The summed E-state index contributed by atoms with van der Waals surface area (Å²) >= 11 is 6.08. The number of ketones is 1. The first-order chi connectivity index (χ1) is 8.08. The number of hydrogen-bond donors (Lipinski definition) is 0. The van der Waals surface area contributed by atoms with Gasteiger partial charge in [0.2, 0.25) is 0 Å². The van der Waals surface area contributed by atoms with Crippen molar-refractivity contribution in [3.05, 3.63) is 58.6 Å². The molecule has 0 bridgehead atoms. The summed E-state index contributed by atoms with van der Waals surface area (Å²) in [4.78, 5) is 11.3. The summed E-state index contributed by atoms with van der Waals surface area (Å²) in [6.07, 6.45) is 0. The molecule has 0 unspecified atom stereocenters. The summed E-state index contributed by atoms with van der Waals surface area (Å²) in [5.41, 5.74) is 3.93. The highest BCUT2D eigenvalue weighted by Crippen LogP contribution is 2.26. The largest absolute Gasteiger partial charge is 0.294 e. The first-order valence-electron chi connectivity index (χ1n) is 5.45. The number of aryl methyl sites for hydroxylation is 1. The monoisotopic (exact) mass is 244 g/mol. The predicted octanol–water partition coefficient (Wildman–Crippen LogP) is 4.52. The first kappa shape index (κ1) is 11.9. The molecule has 0 saturated heterocycles. The van der Waals surface area contributed by atoms with Crippen LogP contribution in [0.2, 0.25) is 5.02 Å². The Hall–Kier alpha value is -1.60. The Morgan fingerprint density at radius 2 is 1.59 bits per heavy atom. The number of carbonyl (C=O) groups is 1. The lowest BCUT2D eigenvalue weighted by Crippen LogP contribution is -1.93. The molecule has 2 heteroatoms. The molecule has 2 aromatic rings. The molecule has 0 fully saturated rings. The highest BCUT2D eigenvalue weighted by Gasteiger charge is 2.07. The fraction of sp³-hybridized carbons (Fsp3) is 0.133. The van der Waals surface area contributed by atoms with Gasteiger partial charge in [0.15, 0.2) is 5.78 Å². The Morgan fingerprint density at radius 1 is 1.00 bits per heavy atom. The molecule has 0 atom stereocenters. The van der Waals surface area contributed by atoms with Crippen molar-refractivity contribution in [3.8, 4) is 11.1 Å². The third kappa shape index (κ3) is 2.56. The van der Waals surface area contributed by atoms with Crippen LogP contribution in [0.15, 0.2) is 42.5 Å². The molecule has 17 heavy (non-hydrogen) atoms. The zero-order chi connectivity index (χ0) is 12.4. The summed E-state index contributed by atoms with van der Waals surface area (Å²) in [6.45, 7) is 3.57. The molecule has 0 aromatic heterocycles. The fourth-order valence-corrected chi connectivity index (χ4v) is 2.04. The van der Waals surface area contributed by atoms with Gasteiger partial charge in [0.25, 0.3) is 0 Å². The molecule has 2 rings (SSSR count). The standard InChI is InChI=1S/C15H13ClO/c1-10-3-5-12(6-4-10)13-7-8-14(11(2)17)15(16)9-13/h3-9H,1-2H3. The van der Waals surface area contributed by atoms with Crippen molar-refractivity contribution in [1.82, 2.24) is 0 Å². The third-order valence-electron chi connectivity index (χ3n) is 2.73. The quantitative estimate of drug-likeness (QED) is 0.710. The van der Waals surface area contributed by atoms with E-state index in [0.717, 1.165) is 11.1 Å². The molecule has 0 N–H and O–H groups in total. The molecule has 2 aromatic carbocycles. The Kier molecular flexibility index (Phi) is 3.30. The van der Waals surface area contributed by atoms with Gasteiger partial charge in [-0.2, -0.15) is 0 Å². The molecule has 0 aliphatic heterocycles. The molecule has 0 radical (unpaired) electrons. The van der Waals surface area contributed by atoms with Gasteiger partial charge in [0.05, 0.1) is 5.02 Å². The van der Waals surface area contributed by atoms with Crippen molar-refractivity contribution >= 4 is 17.4 Å². The van der Waals surface area contributed by atoms with Gasteiger partial charge < -0.3 is 0 Å². The second-order valence-electron chi connectivity index (χ2n) is 4.12. The Bertz CT molecular complexity index is 556. The van der Waals surface area contributed by atoms with Gasteiger partial charge in [-0.15, -0.1) is 0 Å². The molecule has 0 spiro atoms. The minimum Gasteiger partial charge on any atom is -0.294 e. The molecule has 1 nitrogen and oxygen atoms in total. The van der Waals surface area contributed by atoms with Crippen LogP contribution in [0.4, 0.5) is 0 Å². The molecule has 0 heterocycles. The van der Waals surface area contributed by atoms with E-state index in [9.17, 15) is 4.79 Å². The van der Waals surface area contributed by atoms with Gasteiger partial charge in [-0.05, 0) is 37.1 Å². The Balaban J connectivity index is 2.44. The van der Waals surface area contributed by atoms with Crippen molar-refractivity contribution in [2.75, 3.05) is 0 Å². The van der Waals surface area contributed by atoms with Gasteiger partial charge in [0.1, 0.15) is 0 Å². The van der Waals surface area contributed by atoms with Gasteiger partial charge in [-0.25, -0.2) is 0 Å². The van der Waals surface area contributed by atoms with Crippen LogP contribution in [0.1, 0.15) is 22.8 Å². The summed E-state index contributed by atoms with van der Waals surface area (Å²) in [7, 11) is 0. The van der Waals surface area contributed by atoms with E-state index in [4.69, 9.17) is 11.6 Å². The lowest BCUT2D eigenvalue weighted by molar-refractivity contribution is 0.101. The second kappa shape index (κ2) is 4.72. The topological polar surface area (TPSA) is 17.1 Å². The molecular formula is C15H13ClO. The van der Waals surface area contributed by atoms with Gasteiger partial charge in [-0.3, -0.25) is 4.79 Å². The lowest BCUT2D eigenvalue weighted by atomic mass is 10.0. The average molecular weight is 245 g/mol. The Morgan fingerprint density at radius 3 is 2.12 bits per heavy atom. The van der Waals surface area contributed by atoms with E-state index >= 15 is 0 Å². The summed E-state index contributed by atoms with van der Waals surface area (Å²) in [6, 6.07) is 13.8. The second-order valence-corrected chi connectivity index (χ2v) is 4.52. The number of rotatable bonds is 2. The molecule has 86 valence electrons. The van der Waals surface area contributed by atoms with E-state index in [1.165, 1.54) is 12.5 Å². The normalized spacial score (nSPS) is 10.3. The van der Waals surface area contributed by atoms with Gasteiger partial charge in [0, 0.05) is 5.56 Å². The zero-order valence-electron chi connectivity index (χ0n) is 9.83. The predicted molar refractivity (Wildman–Crippen MR) is 71.6 cm³/mol. The average Bonchev–Trinajstić information content (AvgIpc) is 2.29. The van der Waals surface area contributed by atoms with E-state index in [1.807, 2.05) is 12.1 Å². The number of carbonyl (C=O) groups excluding carboxylic acids is 1.